The molecule has 3 nitrogen and oxygen atoms in total. The van der Waals surface area contributed by atoms with Crippen molar-refractivity contribution >= 4 is 71.6 Å². The van der Waals surface area contributed by atoms with Crippen molar-refractivity contribution in [2.75, 3.05) is 4.90 Å². The number of fused-ring (bicyclic) bond motifs is 11. The second-order valence-electron chi connectivity index (χ2n) is 19.6. The molecular weight excluding hydrogens is 897 g/mol. The van der Waals surface area contributed by atoms with Gasteiger partial charge in [0.1, 0.15) is 11.2 Å². The largest absolute Gasteiger partial charge is 0.455 e. The Balaban J connectivity index is 0.919. The number of anilines is 3. The van der Waals surface area contributed by atoms with Gasteiger partial charge in [0.15, 0.2) is 0 Å². The van der Waals surface area contributed by atoms with E-state index in [2.05, 4.69) is 289 Å². The van der Waals surface area contributed by atoms with Crippen LogP contribution in [-0.4, -0.2) is 4.57 Å². The van der Waals surface area contributed by atoms with Gasteiger partial charge in [0.2, 0.25) is 0 Å². The zero-order valence-electron chi connectivity index (χ0n) is 40.4. The van der Waals surface area contributed by atoms with Crippen LogP contribution in [-0.2, 0) is 5.41 Å². The van der Waals surface area contributed by atoms with Gasteiger partial charge < -0.3 is 13.9 Å². The summed E-state index contributed by atoms with van der Waals surface area (Å²) in [5, 5.41) is 7.03. The average molecular weight is 943 g/mol. The number of hydrogen-bond acceptors (Lipinski definition) is 2. The minimum atomic E-state index is -0.558. The summed E-state index contributed by atoms with van der Waals surface area (Å²) in [5.41, 5.74) is 19.9. The molecule has 2 heterocycles. The predicted molar refractivity (Wildman–Crippen MR) is 308 cm³/mol. The molecule has 0 N–H and O–H groups in total. The van der Waals surface area contributed by atoms with Gasteiger partial charge in [-0.25, -0.2) is 0 Å². The SMILES string of the molecule is c1ccc(C2(c3ccccc3)c3ccccc3-c3ccc(N(c4ccc(-c5cccc(-n6c7ccccc7c7ccccc76)c5)cc4)c4ccccc4-c4ccc5c(c4)oc4c6ccccc6ccc54)cc32)cc1. The summed E-state index contributed by atoms with van der Waals surface area (Å²) in [4.78, 5) is 2.45. The molecule has 14 aromatic rings. The van der Waals surface area contributed by atoms with E-state index in [1.54, 1.807) is 0 Å². The maximum atomic E-state index is 6.80. The van der Waals surface area contributed by atoms with Gasteiger partial charge in [0, 0.05) is 49.6 Å². The molecule has 0 amide bonds. The molecule has 15 rings (SSSR count). The zero-order valence-corrected chi connectivity index (χ0v) is 40.4. The monoisotopic (exact) mass is 942 g/mol. The summed E-state index contributed by atoms with van der Waals surface area (Å²) in [5.74, 6) is 0. The number of aromatic nitrogens is 1. The van der Waals surface area contributed by atoms with Crippen LogP contribution in [0.15, 0.2) is 283 Å². The van der Waals surface area contributed by atoms with E-state index in [9.17, 15) is 0 Å². The highest BCUT2D eigenvalue weighted by Gasteiger charge is 2.46. The molecule has 1 aliphatic rings. The first kappa shape index (κ1) is 42.0. The fourth-order valence-corrected chi connectivity index (χ4v) is 12.4. The van der Waals surface area contributed by atoms with E-state index in [1.165, 1.54) is 60.6 Å². The lowest BCUT2D eigenvalue weighted by atomic mass is 9.67. The second kappa shape index (κ2) is 16.7. The molecule has 12 aromatic carbocycles. The van der Waals surface area contributed by atoms with Gasteiger partial charge in [-0.15, -0.1) is 0 Å². The Bertz CT molecular complexity index is 4390. The highest BCUT2D eigenvalue weighted by molar-refractivity contribution is 6.15. The lowest BCUT2D eigenvalue weighted by Gasteiger charge is -2.35. The number of hydrogen-bond donors (Lipinski definition) is 0. The predicted octanol–water partition coefficient (Wildman–Crippen LogP) is 19.0. The van der Waals surface area contributed by atoms with Crippen LogP contribution in [0.25, 0.3) is 93.6 Å². The Morgan fingerprint density at radius 2 is 0.932 bits per heavy atom. The van der Waals surface area contributed by atoms with Crippen molar-refractivity contribution in [1.29, 1.82) is 0 Å². The van der Waals surface area contributed by atoms with Crippen LogP contribution in [0.3, 0.4) is 0 Å². The first-order chi connectivity index (χ1) is 36.7. The van der Waals surface area contributed by atoms with E-state index >= 15 is 0 Å². The molecule has 0 bridgehead atoms. The van der Waals surface area contributed by atoms with Crippen molar-refractivity contribution < 1.29 is 4.42 Å². The second-order valence-corrected chi connectivity index (χ2v) is 19.6. The van der Waals surface area contributed by atoms with E-state index in [0.29, 0.717) is 0 Å². The lowest BCUT2D eigenvalue weighted by Crippen LogP contribution is -2.28. The van der Waals surface area contributed by atoms with Crippen LogP contribution in [0.2, 0.25) is 0 Å². The third kappa shape index (κ3) is 6.33. The standard InChI is InChI=1S/C71H46N2O/c1-3-20-51(21-4-1)71(52-22-5-2-6-23-52)64-30-13-9-27-58(64)59-43-40-55(46-65(59)71)72(66-31-14-10-25-56(66)50-37-41-62-63-42-36-48-18-7-8-26-57(48)70(63)74-69(62)45-50)53-38-34-47(35-39-53)49-19-17-24-54(44-49)73-67-32-15-11-28-60(67)61-29-12-16-33-68(61)73/h1-46H. The Kier molecular flexibility index (Phi) is 9.48. The lowest BCUT2D eigenvalue weighted by molar-refractivity contribution is 0.673. The highest BCUT2D eigenvalue weighted by atomic mass is 16.3. The van der Waals surface area contributed by atoms with Crippen LogP contribution < -0.4 is 4.90 Å². The number of furan rings is 1. The molecule has 1 aliphatic carbocycles. The van der Waals surface area contributed by atoms with Gasteiger partial charge in [-0.05, 0) is 128 Å². The Labute approximate surface area is 429 Å². The molecule has 0 radical (unpaired) electrons. The summed E-state index contributed by atoms with van der Waals surface area (Å²) in [7, 11) is 0. The number of rotatable bonds is 8. The van der Waals surface area contributed by atoms with E-state index in [4.69, 9.17) is 4.42 Å². The highest BCUT2D eigenvalue weighted by Crippen LogP contribution is 2.57. The minimum absolute atomic E-state index is 0.558. The van der Waals surface area contributed by atoms with Crippen molar-refractivity contribution in [3.8, 4) is 39.1 Å². The van der Waals surface area contributed by atoms with Crippen LogP contribution in [0, 0.1) is 0 Å². The fourth-order valence-electron chi connectivity index (χ4n) is 12.4. The molecule has 0 spiro atoms. The molecule has 346 valence electrons. The van der Waals surface area contributed by atoms with E-state index < -0.39 is 5.41 Å². The molecule has 0 atom stereocenters. The van der Waals surface area contributed by atoms with Crippen molar-refractivity contribution in [2.24, 2.45) is 0 Å². The third-order valence-corrected chi connectivity index (χ3v) is 15.7. The minimum Gasteiger partial charge on any atom is -0.455 e. The maximum Gasteiger partial charge on any atom is 0.143 e. The van der Waals surface area contributed by atoms with Gasteiger partial charge in [-0.3, -0.25) is 0 Å². The first-order valence-corrected chi connectivity index (χ1v) is 25.5. The topological polar surface area (TPSA) is 21.3 Å². The van der Waals surface area contributed by atoms with Crippen molar-refractivity contribution in [3.63, 3.8) is 0 Å². The molecule has 3 heteroatoms. The summed E-state index contributed by atoms with van der Waals surface area (Å²) in [6, 6.07) is 102. The van der Waals surface area contributed by atoms with E-state index in [-0.39, 0.29) is 0 Å². The van der Waals surface area contributed by atoms with Crippen LogP contribution in [0.4, 0.5) is 17.1 Å². The number of benzene rings is 12. The zero-order chi connectivity index (χ0) is 48.7. The first-order valence-electron chi connectivity index (χ1n) is 25.5. The van der Waals surface area contributed by atoms with Gasteiger partial charge in [0.25, 0.3) is 0 Å². The molecule has 0 saturated heterocycles. The van der Waals surface area contributed by atoms with Gasteiger partial charge in [0.05, 0.1) is 22.1 Å². The van der Waals surface area contributed by atoms with E-state index in [1.807, 2.05) is 0 Å². The molecule has 2 aromatic heterocycles. The smallest absolute Gasteiger partial charge is 0.143 e. The maximum absolute atomic E-state index is 6.80. The van der Waals surface area contributed by atoms with Crippen molar-refractivity contribution in [2.45, 2.75) is 5.41 Å². The molecule has 0 fully saturated rings. The van der Waals surface area contributed by atoms with Crippen molar-refractivity contribution in [3.05, 3.63) is 301 Å². The number of para-hydroxylation sites is 3. The number of nitrogens with zero attached hydrogens (tertiary/aromatic N) is 2. The van der Waals surface area contributed by atoms with Gasteiger partial charge in [-0.1, -0.05) is 206 Å². The summed E-state index contributed by atoms with van der Waals surface area (Å²) < 4.78 is 9.19. The van der Waals surface area contributed by atoms with E-state index in [0.717, 1.165) is 72.3 Å². The van der Waals surface area contributed by atoms with Crippen molar-refractivity contribution in [1.82, 2.24) is 4.57 Å². The normalized spacial score (nSPS) is 12.7. The molecule has 74 heavy (non-hydrogen) atoms. The van der Waals surface area contributed by atoms with Gasteiger partial charge >= 0.3 is 0 Å². The molecular formula is C71H46N2O. The van der Waals surface area contributed by atoms with Crippen LogP contribution in [0.1, 0.15) is 22.3 Å². The molecule has 0 unspecified atom stereocenters. The van der Waals surface area contributed by atoms with Crippen LogP contribution in [0.5, 0.6) is 0 Å². The Morgan fingerprint density at radius 1 is 0.338 bits per heavy atom. The van der Waals surface area contributed by atoms with Gasteiger partial charge in [-0.2, -0.15) is 0 Å². The molecule has 0 aliphatic heterocycles. The fraction of sp³-hybridized carbons (Fsp3) is 0.0141. The summed E-state index contributed by atoms with van der Waals surface area (Å²) >= 11 is 0. The molecule has 0 saturated carbocycles. The Morgan fingerprint density at radius 3 is 1.69 bits per heavy atom. The third-order valence-electron chi connectivity index (χ3n) is 15.7. The Hall–Kier alpha value is -9.70. The average Bonchev–Trinajstić information content (AvgIpc) is 4.14. The quantitative estimate of drug-likeness (QED) is 0.151. The van der Waals surface area contributed by atoms with Crippen LogP contribution >= 0.6 is 0 Å². The summed E-state index contributed by atoms with van der Waals surface area (Å²) in [6.45, 7) is 0. The summed E-state index contributed by atoms with van der Waals surface area (Å²) in [6.07, 6.45) is 0.